The highest BCUT2D eigenvalue weighted by atomic mass is 79.9. The molecule has 0 heterocycles. The fourth-order valence-corrected chi connectivity index (χ4v) is 2.87. The molecule has 0 aliphatic heterocycles. The van der Waals surface area contributed by atoms with Crippen molar-refractivity contribution in [1.82, 2.24) is 0 Å². The molecule has 0 saturated carbocycles. The summed E-state index contributed by atoms with van der Waals surface area (Å²) < 4.78 is 1.85. The van der Waals surface area contributed by atoms with Crippen LogP contribution in [0.2, 0.25) is 0 Å². The van der Waals surface area contributed by atoms with Crippen molar-refractivity contribution in [3.63, 3.8) is 0 Å². The van der Waals surface area contributed by atoms with Crippen LogP contribution in [-0.2, 0) is 4.79 Å². The number of amides is 1. The summed E-state index contributed by atoms with van der Waals surface area (Å²) in [6.07, 6.45) is 2.80. The van der Waals surface area contributed by atoms with E-state index in [1.165, 1.54) is 0 Å². The Balaban J connectivity index is 2.49. The normalized spacial score (nSPS) is 13.9. The van der Waals surface area contributed by atoms with Gasteiger partial charge < -0.3 is 11.1 Å². The van der Waals surface area contributed by atoms with Gasteiger partial charge in [0.05, 0.1) is 5.69 Å². The number of nitrogens with two attached hydrogens (primary N) is 1. The molecule has 5 heteroatoms. The lowest BCUT2D eigenvalue weighted by molar-refractivity contribution is -0.119. The van der Waals surface area contributed by atoms with E-state index in [2.05, 4.69) is 37.2 Å². The second-order valence-electron chi connectivity index (χ2n) is 4.92. The minimum atomic E-state index is -0.00528. The van der Waals surface area contributed by atoms with Gasteiger partial charge in [0.15, 0.2) is 0 Å². The fraction of sp³-hybridized carbons (Fsp3) is 0.500. The van der Waals surface area contributed by atoms with Gasteiger partial charge in [0, 0.05) is 20.9 Å². The second-order valence-corrected chi connectivity index (χ2v) is 6.69. The summed E-state index contributed by atoms with van der Waals surface area (Å²) >= 11 is 6.82. The van der Waals surface area contributed by atoms with E-state index in [9.17, 15) is 4.79 Å². The van der Waals surface area contributed by atoms with Crippen LogP contribution in [0.5, 0.6) is 0 Å². The lowest BCUT2D eigenvalue weighted by Crippen LogP contribution is -2.21. The maximum Gasteiger partial charge on any atom is 0.227 e. The Labute approximate surface area is 131 Å². The highest BCUT2D eigenvalue weighted by molar-refractivity contribution is 9.11. The number of rotatable bonds is 6. The molecule has 0 aliphatic rings. The molecule has 0 aromatic heterocycles. The lowest BCUT2D eigenvalue weighted by Gasteiger charge is -2.14. The molecule has 3 N–H and O–H groups in total. The van der Waals surface area contributed by atoms with Crippen LogP contribution in [0.15, 0.2) is 27.1 Å². The predicted octanol–water partition coefficient (Wildman–Crippen LogP) is 4.30. The molecule has 2 atom stereocenters. The van der Waals surface area contributed by atoms with Gasteiger partial charge in [-0.1, -0.05) is 29.3 Å². The Bertz CT molecular complexity index is 435. The minimum absolute atomic E-state index is 0.00528. The number of anilines is 1. The zero-order valence-corrected chi connectivity index (χ0v) is 14.4. The van der Waals surface area contributed by atoms with E-state index in [4.69, 9.17) is 5.73 Å². The third-order valence-corrected chi connectivity index (χ3v) is 4.08. The molecule has 0 bridgehead atoms. The Morgan fingerprint density at radius 3 is 2.58 bits per heavy atom. The Kier molecular flexibility index (Phi) is 7.04. The van der Waals surface area contributed by atoms with Gasteiger partial charge in [0.2, 0.25) is 5.91 Å². The Morgan fingerprint density at radius 2 is 2.00 bits per heavy atom. The molecule has 1 amide bonds. The van der Waals surface area contributed by atoms with Crippen molar-refractivity contribution < 1.29 is 4.79 Å². The molecule has 0 spiro atoms. The first kappa shape index (κ1) is 16.7. The van der Waals surface area contributed by atoms with E-state index in [1.807, 2.05) is 32.0 Å². The summed E-state index contributed by atoms with van der Waals surface area (Å²) in [6.45, 7) is 3.94. The zero-order chi connectivity index (χ0) is 14.4. The first-order valence-corrected chi connectivity index (χ1v) is 8.00. The van der Waals surface area contributed by atoms with Crippen LogP contribution in [0.1, 0.15) is 33.1 Å². The summed E-state index contributed by atoms with van der Waals surface area (Å²) in [5.74, 6) is 0.0435. The van der Waals surface area contributed by atoms with Gasteiger partial charge in [-0.05, 0) is 53.9 Å². The molecular weight excluding hydrogens is 372 g/mol. The molecule has 1 rings (SSSR count). The van der Waals surface area contributed by atoms with Crippen LogP contribution in [0.3, 0.4) is 0 Å². The van der Waals surface area contributed by atoms with Crippen molar-refractivity contribution in [3.8, 4) is 0 Å². The molecule has 1 aromatic carbocycles. The molecule has 106 valence electrons. The summed E-state index contributed by atoms with van der Waals surface area (Å²) in [6, 6.07) is 5.90. The van der Waals surface area contributed by atoms with Crippen LogP contribution < -0.4 is 11.1 Å². The molecule has 3 nitrogen and oxygen atoms in total. The summed E-state index contributed by atoms with van der Waals surface area (Å²) in [4.78, 5) is 12.1. The number of carbonyl (C=O) groups excluding carboxylic acids is 1. The number of halogens is 2. The van der Waals surface area contributed by atoms with Crippen molar-refractivity contribution in [1.29, 1.82) is 0 Å². The quantitative estimate of drug-likeness (QED) is 0.759. The fourth-order valence-electron chi connectivity index (χ4n) is 1.72. The van der Waals surface area contributed by atoms with Crippen LogP contribution in [0.25, 0.3) is 0 Å². The molecule has 0 saturated heterocycles. The first-order chi connectivity index (χ1) is 8.90. The number of benzene rings is 1. The van der Waals surface area contributed by atoms with E-state index >= 15 is 0 Å². The average molecular weight is 392 g/mol. The third-order valence-electron chi connectivity index (χ3n) is 2.93. The number of nitrogens with one attached hydrogen (secondary N) is 1. The number of carbonyl (C=O) groups is 1. The predicted molar refractivity (Wildman–Crippen MR) is 87.1 cm³/mol. The van der Waals surface area contributed by atoms with Gasteiger partial charge in [0.25, 0.3) is 0 Å². The minimum Gasteiger partial charge on any atom is -0.328 e. The van der Waals surface area contributed by atoms with Crippen LogP contribution in [0.4, 0.5) is 5.69 Å². The second kappa shape index (κ2) is 8.02. The Hall–Kier alpha value is -0.390. The van der Waals surface area contributed by atoms with Crippen molar-refractivity contribution >= 4 is 43.5 Å². The molecule has 1 aromatic rings. The van der Waals surface area contributed by atoms with Crippen LogP contribution in [-0.4, -0.2) is 11.9 Å². The third kappa shape index (κ3) is 6.06. The molecular formula is C14H20Br2N2O. The summed E-state index contributed by atoms with van der Waals surface area (Å²) in [5.41, 5.74) is 6.50. The molecule has 0 radical (unpaired) electrons. The van der Waals surface area contributed by atoms with Gasteiger partial charge in [-0.3, -0.25) is 4.79 Å². The highest BCUT2D eigenvalue weighted by Gasteiger charge is 2.14. The van der Waals surface area contributed by atoms with E-state index in [0.717, 1.165) is 33.9 Å². The summed E-state index contributed by atoms with van der Waals surface area (Å²) in [7, 11) is 0. The Morgan fingerprint density at radius 1 is 1.32 bits per heavy atom. The van der Waals surface area contributed by atoms with Gasteiger partial charge in [-0.25, -0.2) is 0 Å². The van der Waals surface area contributed by atoms with Crippen molar-refractivity contribution in [3.05, 3.63) is 27.1 Å². The summed E-state index contributed by atoms with van der Waals surface area (Å²) in [5, 5.41) is 2.94. The average Bonchev–Trinajstić information content (AvgIpc) is 2.32. The van der Waals surface area contributed by atoms with Gasteiger partial charge in [-0.2, -0.15) is 0 Å². The molecule has 0 fully saturated rings. The van der Waals surface area contributed by atoms with Crippen LogP contribution >= 0.6 is 31.9 Å². The zero-order valence-electron chi connectivity index (χ0n) is 11.2. The van der Waals surface area contributed by atoms with Crippen molar-refractivity contribution in [2.45, 2.75) is 39.2 Å². The topological polar surface area (TPSA) is 55.1 Å². The first-order valence-electron chi connectivity index (χ1n) is 6.41. The maximum atomic E-state index is 12.1. The maximum absolute atomic E-state index is 12.1. The molecule has 19 heavy (non-hydrogen) atoms. The lowest BCUT2D eigenvalue weighted by atomic mass is 10.0. The van der Waals surface area contributed by atoms with E-state index < -0.39 is 0 Å². The SMILES string of the molecule is CC(N)CCCC(C)C(=O)Nc1ccc(Br)cc1Br. The number of hydrogen-bond donors (Lipinski definition) is 2. The van der Waals surface area contributed by atoms with E-state index in [1.54, 1.807) is 0 Å². The van der Waals surface area contributed by atoms with Crippen molar-refractivity contribution in [2.24, 2.45) is 11.7 Å². The molecule has 2 unspecified atom stereocenters. The highest BCUT2D eigenvalue weighted by Crippen LogP contribution is 2.26. The van der Waals surface area contributed by atoms with Gasteiger partial charge in [0.1, 0.15) is 0 Å². The standard InChI is InChI=1S/C14H20Br2N2O/c1-9(4-3-5-10(2)17)14(19)18-13-7-6-11(15)8-12(13)16/h6-10H,3-5,17H2,1-2H3,(H,18,19). The van der Waals surface area contributed by atoms with Gasteiger partial charge in [-0.15, -0.1) is 0 Å². The monoisotopic (exact) mass is 390 g/mol. The molecule has 0 aliphatic carbocycles. The largest absolute Gasteiger partial charge is 0.328 e. The van der Waals surface area contributed by atoms with Crippen molar-refractivity contribution in [2.75, 3.05) is 5.32 Å². The van der Waals surface area contributed by atoms with Crippen LogP contribution in [0, 0.1) is 5.92 Å². The smallest absolute Gasteiger partial charge is 0.227 e. The van der Waals surface area contributed by atoms with E-state index in [0.29, 0.717) is 0 Å². The van der Waals surface area contributed by atoms with E-state index in [-0.39, 0.29) is 17.9 Å². The number of hydrogen-bond acceptors (Lipinski definition) is 2. The van der Waals surface area contributed by atoms with Gasteiger partial charge >= 0.3 is 0 Å².